The fourth-order valence-corrected chi connectivity index (χ4v) is 2.54. The lowest BCUT2D eigenvalue weighted by molar-refractivity contribution is 0.0983. The highest BCUT2D eigenvalue weighted by atomic mass is 19.1. The van der Waals surface area contributed by atoms with Gasteiger partial charge in [0.25, 0.3) is 5.91 Å². The third kappa shape index (κ3) is 3.32. The predicted molar refractivity (Wildman–Crippen MR) is 84.6 cm³/mol. The highest BCUT2D eigenvalue weighted by Gasteiger charge is 2.23. The molecule has 0 unspecified atom stereocenters. The van der Waals surface area contributed by atoms with E-state index in [2.05, 4.69) is 4.98 Å². The zero-order valence-corrected chi connectivity index (χ0v) is 13.3. The average Bonchev–Trinajstić information content (AvgIpc) is 2.46. The Balaban J connectivity index is 2.70. The third-order valence-corrected chi connectivity index (χ3v) is 3.57. The zero-order valence-electron chi connectivity index (χ0n) is 13.3. The van der Waals surface area contributed by atoms with E-state index >= 15 is 0 Å². The first-order valence-electron chi connectivity index (χ1n) is 7.23. The van der Waals surface area contributed by atoms with Gasteiger partial charge in [0.2, 0.25) is 0 Å². The van der Waals surface area contributed by atoms with E-state index in [1.54, 1.807) is 19.9 Å². The number of benzene rings is 1. The number of primary amides is 1. The molecular weight excluding hydrogens is 299 g/mol. The maximum absolute atomic E-state index is 13.3. The Kier molecular flexibility index (Phi) is 4.95. The number of pyridine rings is 1. The van der Waals surface area contributed by atoms with Crippen molar-refractivity contribution in [2.75, 3.05) is 6.61 Å². The van der Waals surface area contributed by atoms with E-state index in [1.807, 2.05) is 6.92 Å². The number of aromatic hydroxyl groups is 1. The molecular formula is C17H19FN2O3. The van der Waals surface area contributed by atoms with Crippen LogP contribution in [0.4, 0.5) is 4.39 Å². The van der Waals surface area contributed by atoms with Crippen LogP contribution in [0.3, 0.4) is 0 Å². The molecule has 0 atom stereocenters. The van der Waals surface area contributed by atoms with Gasteiger partial charge in [0.05, 0.1) is 12.3 Å². The van der Waals surface area contributed by atoms with Crippen LogP contribution in [0.2, 0.25) is 0 Å². The van der Waals surface area contributed by atoms with E-state index in [0.29, 0.717) is 29.0 Å². The van der Waals surface area contributed by atoms with Gasteiger partial charge in [-0.3, -0.25) is 9.78 Å². The van der Waals surface area contributed by atoms with Crippen LogP contribution >= 0.6 is 0 Å². The molecule has 2 aromatic rings. The van der Waals surface area contributed by atoms with Gasteiger partial charge in [-0.15, -0.1) is 0 Å². The monoisotopic (exact) mass is 318 g/mol. The molecule has 1 amide bonds. The normalized spacial score (nSPS) is 10.8. The summed E-state index contributed by atoms with van der Waals surface area (Å²) >= 11 is 0. The topological polar surface area (TPSA) is 85.4 Å². The molecule has 1 aromatic carbocycles. The van der Waals surface area contributed by atoms with Crippen molar-refractivity contribution < 1.29 is 19.0 Å². The van der Waals surface area contributed by atoms with E-state index in [9.17, 15) is 14.3 Å². The molecule has 0 aliphatic carbocycles. The first kappa shape index (κ1) is 16.9. The van der Waals surface area contributed by atoms with Crippen LogP contribution in [0.1, 0.15) is 34.2 Å². The lowest BCUT2D eigenvalue weighted by Gasteiger charge is -2.16. The van der Waals surface area contributed by atoms with Crippen LogP contribution in [0.5, 0.6) is 5.75 Å². The Labute approximate surface area is 133 Å². The van der Waals surface area contributed by atoms with Crippen molar-refractivity contribution in [3.63, 3.8) is 0 Å². The number of amides is 1. The van der Waals surface area contributed by atoms with Gasteiger partial charge in [-0.1, -0.05) is 6.07 Å². The minimum Gasteiger partial charge on any atom is -0.506 e. The van der Waals surface area contributed by atoms with Gasteiger partial charge in [0, 0.05) is 17.9 Å². The molecule has 0 saturated carbocycles. The number of carbonyl (C=O) groups excluding carboxylic acids is 1. The van der Waals surface area contributed by atoms with Crippen LogP contribution in [0, 0.1) is 19.7 Å². The molecule has 0 fully saturated rings. The molecule has 5 nitrogen and oxygen atoms in total. The molecule has 0 aliphatic heterocycles. The Bertz CT molecular complexity index is 760. The number of carbonyl (C=O) groups is 1. The Morgan fingerprint density at radius 2 is 2.09 bits per heavy atom. The standard InChI is InChI=1S/C17H19FN2O3/c1-4-23-8-13-15(17(19)22)16(21)14(10(3)20-13)12-6-5-11(18)7-9(12)2/h5-7H,4,8H2,1-3H3,(H2,19,22)(H,20,21). The highest BCUT2D eigenvalue weighted by molar-refractivity contribution is 5.99. The largest absolute Gasteiger partial charge is 0.506 e. The number of halogens is 1. The molecule has 0 bridgehead atoms. The SMILES string of the molecule is CCOCc1nc(C)c(-c2ccc(F)cc2C)c(O)c1C(N)=O. The van der Waals surface area contributed by atoms with Gasteiger partial charge in [-0.05, 0) is 44.0 Å². The lowest BCUT2D eigenvalue weighted by Crippen LogP contribution is -2.17. The smallest absolute Gasteiger partial charge is 0.254 e. The summed E-state index contributed by atoms with van der Waals surface area (Å²) < 4.78 is 18.6. The summed E-state index contributed by atoms with van der Waals surface area (Å²) in [6, 6.07) is 4.19. The number of nitrogens with zero attached hydrogens (tertiary/aromatic N) is 1. The molecule has 23 heavy (non-hydrogen) atoms. The fraction of sp³-hybridized carbons (Fsp3) is 0.294. The number of aryl methyl sites for hydroxylation is 2. The molecule has 3 N–H and O–H groups in total. The van der Waals surface area contributed by atoms with Crippen LogP contribution in [-0.2, 0) is 11.3 Å². The molecule has 2 rings (SSSR count). The molecule has 1 heterocycles. The first-order valence-corrected chi connectivity index (χ1v) is 7.23. The van der Waals surface area contributed by atoms with Gasteiger partial charge in [-0.2, -0.15) is 0 Å². The average molecular weight is 318 g/mol. The summed E-state index contributed by atoms with van der Waals surface area (Å²) in [6.45, 7) is 5.75. The number of aromatic nitrogens is 1. The van der Waals surface area contributed by atoms with Crippen molar-refractivity contribution in [3.05, 3.63) is 46.5 Å². The van der Waals surface area contributed by atoms with Crippen LogP contribution < -0.4 is 5.73 Å². The van der Waals surface area contributed by atoms with Gasteiger partial charge in [0.15, 0.2) is 0 Å². The van der Waals surface area contributed by atoms with E-state index in [4.69, 9.17) is 10.5 Å². The van der Waals surface area contributed by atoms with Crippen LogP contribution in [0.25, 0.3) is 11.1 Å². The summed E-state index contributed by atoms with van der Waals surface area (Å²) in [5.41, 5.74) is 7.72. The maximum atomic E-state index is 13.3. The Hall–Kier alpha value is -2.47. The number of hydrogen-bond acceptors (Lipinski definition) is 4. The van der Waals surface area contributed by atoms with Crippen LogP contribution in [-0.4, -0.2) is 22.6 Å². The highest BCUT2D eigenvalue weighted by Crippen LogP contribution is 2.37. The van der Waals surface area contributed by atoms with Crippen LogP contribution in [0.15, 0.2) is 18.2 Å². The number of nitrogens with two attached hydrogens (primary N) is 1. The van der Waals surface area contributed by atoms with E-state index in [0.717, 1.165) is 0 Å². The van der Waals surface area contributed by atoms with Crippen molar-refractivity contribution in [2.45, 2.75) is 27.4 Å². The third-order valence-electron chi connectivity index (χ3n) is 3.57. The summed E-state index contributed by atoms with van der Waals surface area (Å²) in [5.74, 6) is -1.42. The summed E-state index contributed by atoms with van der Waals surface area (Å²) in [7, 11) is 0. The van der Waals surface area contributed by atoms with Crippen molar-refractivity contribution >= 4 is 5.91 Å². The first-order chi connectivity index (χ1) is 10.9. The number of hydrogen-bond donors (Lipinski definition) is 2. The van der Waals surface area contributed by atoms with Crippen molar-refractivity contribution in [2.24, 2.45) is 5.73 Å². The van der Waals surface area contributed by atoms with Gasteiger partial charge >= 0.3 is 0 Å². The minimum atomic E-state index is -0.786. The predicted octanol–water partition coefficient (Wildman–Crippen LogP) is 2.85. The second-order valence-corrected chi connectivity index (χ2v) is 5.20. The second kappa shape index (κ2) is 6.75. The molecule has 0 aliphatic rings. The maximum Gasteiger partial charge on any atom is 0.254 e. The quantitative estimate of drug-likeness (QED) is 0.887. The van der Waals surface area contributed by atoms with Gasteiger partial charge in [0.1, 0.15) is 17.1 Å². The Morgan fingerprint density at radius 1 is 1.39 bits per heavy atom. The lowest BCUT2D eigenvalue weighted by atomic mass is 9.95. The van der Waals surface area contributed by atoms with Crippen molar-refractivity contribution in [3.8, 4) is 16.9 Å². The summed E-state index contributed by atoms with van der Waals surface area (Å²) in [5, 5.41) is 10.6. The van der Waals surface area contributed by atoms with Crippen molar-refractivity contribution in [1.29, 1.82) is 0 Å². The van der Waals surface area contributed by atoms with E-state index in [-0.39, 0.29) is 29.4 Å². The molecule has 0 radical (unpaired) electrons. The zero-order chi connectivity index (χ0) is 17.1. The van der Waals surface area contributed by atoms with E-state index in [1.165, 1.54) is 12.1 Å². The number of ether oxygens (including phenoxy) is 1. The van der Waals surface area contributed by atoms with Crippen molar-refractivity contribution in [1.82, 2.24) is 4.98 Å². The fourth-order valence-electron chi connectivity index (χ4n) is 2.54. The molecule has 122 valence electrons. The number of rotatable bonds is 5. The molecule has 1 aromatic heterocycles. The minimum absolute atomic E-state index is 0.0669. The van der Waals surface area contributed by atoms with E-state index < -0.39 is 5.91 Å². The van der Waals surface area contributed by atoms with Gasteiger partial charge < -0.3 is 15.6 Å². The molecule has 0 spiro atoms. The summed E-state index contributed by atoms with van der Waals surface area (Å²) in [4.78, 5) is 16.1. The Morgan fingerprint density at radius 3 is 2.65 bits per heavy atom. The molecule has 0 saturated heterocycles. The molecule has 6 heteroatoms. The van der Waals surface area contributed by atoms with Gasteiger partial charge in [-0.25, -0.2) is 4.39 Å². The summed E-state index contributed by atoms with van der Waals surface area (Å²) in [6.07, 6.45) is 0. The second-order valence-electron chi connectivity index (χ2n) is 5.20.